The van der Waals surface area contributed by atoms with Gasteiger partial charge >= 0.3 is 0 Å². The molecule has 5 nitrogen and oxygen atoms in total. The predicted molar refractivity (Wildman–Crippen MR) is 122 cm³/mol. The summed E-state index contributed by atoms with van der Waals surface area (Å²) in [7, 11) is 1.70. The fourth-order valence-electron chi connectivity index (χ4n) is 4.18. The molecule has 0 bridgehead atoms. The monoisotopic (exact) mass is 403 g/mol. The minimum Gasteiger partial charge on any atom is -0.495 e. The summed E-state index contributed by atoms with van der Waals surface area (Å²) in [5, 5.41) is 5.88. The molecule has 3 aromatic rings. The number of hydrogen-bond acceptors (Lipinski definition) is 4. The summed E-state index contributed by atoms with van der Waals surface area (Å²) in [4.78, 5) is 17.0. The second-order valence-corrected chi connectivity index (χ2v) is 7.71. The summed E-state index contributed by atoms with van der Waals surface area (Å²) in [6.45, 7) is 5.53. The summed E-state index contributed by atoms with van der Waals surface area (Å²) in [5.74, 6) is 1.03. The summed E-state index contributed by atoms with van der Waals surface area (Å²) < 4.78 is 5.48. The predicted octanol–water partition coefficient (Wildman–Crippen LogP) is 3.85. The average Bonchev–Trinajstić information content (AvgIpc) is 2.82. The molecule has 0 spiro atoms. The molecule has 1 amide bonds. The molecule has 1 fully saturated rings. The first-order valence-electron chi connectivity index (χ1n) is 10.5. The number of hydrogen-bond donors (Lipinski definition) is 1. The van der Waals surface area contributed by atoms with Gasteiger partial charge < -0.3 is 19.9 Å². The Morgan fingerprint density at radius 1 is 0.967 bits per heavy atom. The van der Waals surface area contributed by atoms with E-state index in [9.17, 15) is 4.79 Å². The third kappa shape index (κ3) is 4.26. The molecule has 0 aromatic heterocycles. The van der Waals surface area contributed by atoms with Crippen LogP contribution in [0.4, 0.5) is 5.69 Å². The fraction of sp³-hybridized carbons (Fsp3) is 0.320. The van der Waals surface area contributed by atoms with Crippen LogP contribution in [-0.2, 0) is 4.79 Å². The van der Waals surface area contributed by atoms with Gasteiger partial charge in [-0.2, -0.15) is 0 Å². The smallest absolute Gasteiger partial charge is 0.236 e. The highest BCUT2D eigenvalue weighted by atomic mass is 16.5. The van der Waals surface area contributed by atoms with E-state index >= 15 is 0 Å². The lowest BCUT2D eigenvalue weighted by Gasteiger charge is -2.36. The first-order chi connectivity index (χ1) is 14.7. The number of methoxy groups -OCH3 is 1. The van der Waals surface area contributed by atoms with Crippen LogP contribution in [0.5, 0.6) is 5.75 Å². The van der Waals surface area contributed by atoms with Gasteiger partial charge in [0.05, 0.1) is 19.3 Å². The number of carbonyl (C=O) groups excluding carboxylic acids is 1. The molecule has 1 heterocycles. The van der Waals surface area contributed by atoms with Crippen molar-refractivity contribution in [1.29, 1.82) is 0 Å². The molecule has 1 aliphatic heterocycles. The number of rotatable bonds is 6. The van der Waals surface area contributed by atoms with E-state index in [1.54, 1.807) is 7.11 Å². The highest BCUT2D eigenvalue weighted by Crippen LogP contribution is 2.28. The number of piperazine rings is 1. The fourth-order valence-corrected chi connectivity index (χ4v) is 4.18. The van der Waals surface area contributed by atoms with Crippen molar-refractivity contribution in [2.24, 2.45) is 0 Å². The Labute approximate surface area is 178 Å². The molecule has 0 aliphatic carbocycles. The van der Waals surface area contributed by atoms with Gasteiger partial charge in [-0.1, -0.05) is 54.6 Å². The lowest BCUT2D eigenvalue weighted by molar-refractivity contribution is -0.130. The van der Waals surface area contributed by atoms with Gasteiger partial charge in [0.25, 0.3) is 0 Å². The van der Waals surface area contributed by atoms with Crippen LogP contribution in [0.2, 0.25) is 0 Å². The van der Waals surface area contributed by atoms with Gasteiger partial charge in [-0.3, -0.25) is 4.79 Å². The number of nitrogens with zero attached hydrogens (tertiary/aromatic N) is 2. The van der Waals surface area contributed by atoms with Gasteiger partial charge in [0, 0.05) is 32.2 Å². The van der Waals surface area contributed by atoms with Crippen LogP contribution in [-0.4, -0.2) is 50.6 Å². The van der Waals surface area contributed by atoms with Crippen LogP contribution in [0.1, 0.15) is 18.5 Å². The van der Waals surface area contributed by atoms with E-state index in [1.807, 2.05) is 23.1 Å². The molecular formula is C25H29N3O2. The molecule has 1 N–H and O–H groups in total. The Hall–Kier alpha value is -3.05. The SMILES string of the molecule is COc1ccccc1N1CCN(C(=O)CN[C@@H](C)c2cccc3ccccc23)CC1. The number of anilines is 1. The minimum absolute atomic E-state index is 0.106. The summed E-state index contributed by atoms with van der Waals surface area (Å²) in [6, 6.07) is 22.9. The van der Waals surface area contributed by atoms with Crippen molar-refractivity contribution in [2.75, 3.05) is 44.7 Å². The Morgan fingerprint density at radius 3 is 2.47 bits per heavy atom. The van der Waals surface area contributed by atoms with Gasteiger partial charge in [0.2, 0.25) is 5.91 Å². The Kier molecular flexibility index (Phi) is 6.19. The Morgan fingerprint density at radius 2 is 1.67 bits per heavy atom. The van der Waals surface area contributed by atoms with E-state index in [1.165, 1.54) is 16.3 Å². The number of carbonyl (C=O) groups is 1. The van der Waals surface area contributed by atoms with Crippen molar-refractivity contribution in [1.82, 2.24) is 10.2 Å². The van der Waals surface area contributed by atoms with E-state index in [4.69, 9.17) is 4.74 Å². The van der Waals surface area contributed by atoms with Gasteiger partial charge in [0.1, 0.15) is 5.75 Å². The first-order valence-corrected chi connectivity index (χ1v) is 10.5. The van der Waals surface area contributed by atoms with Crippen molar-refractivity contribution < 1.29 is 9.53 Å². The van der Waals surface area contributed by atoms with E-state index in [2.05, 4.69) is 65.7 Å². The number of ether oxygens (including phenoxy) is 1. The Bertz CT molecular complexity index is 1010. The van der Waals surface area contributed by atoms with Crippen LogP contribution in [0.3, 0.4) is 0 Å². The van der Waals surface area contributed by atoms with Crippen molar-refractivity contribution in [3.63, 3.8) is 0 Å². The van der Waals surface area contributed by atoms with Crippen LogP contribution >= 0.6 is 0 Å². The highest BCUT2D eigenvalue weighted by molar-refractivity contribution is 5.86. The van der Waals surface area contributed by atoms with E-state index in [0.717, 1.165) is 37.6 Å². The maximum Gasteiger partial charge on any atom is 0.236 e. The average molecular weight is 404 g/mol. The van der Waals surface area contributed by atoms with Gasteiger partial charge in [0.15, 0.2) is 0 Å². The van der Waals surface area contributed by atoms with Gasteiger partial charge in [-0.15, -0.1) is 0 Å². The summed E-state index contributed by atoms with van der Waals surface area (Å²) in [6.07, 6.45) is 0. The zero-order chi connectivity index (χ0) is 20.9. The lowest BCUT2D eigenvalue weighted by atomic mass is 10.00. The maximum absolute atomic E-state index is 12.8. The summed E-state index contributed by atoms with van der Waals surface area (Å²) >= 11 is 0. The molecule has 0 unspecified atom stereocenters. The molecule has 156 valence electrons. The van der Waals surface area contributed by atoms with Gasteiger partial charge in [-0.05, 0) is 35.4 Å². The molecular weight excluding hydrogens is 374 g/mol. The maximum atomic E-state index is 12.8. The molecule has 4 rings (SSSR count). The molecule has 5 heteroatoms. The quantitative estimate of drug-likeness (QED) is 0.679. The molecule has 1 aliphatic rings. The zero-order valence-electron chi connectivity index (χ0n) is 17.7. The first kappa shape index (κ1) is 20.2. The Balaban J connectivity index is 1.33. The summed E-state index contributed by atoms with van der Waals surface area (Å²) in [5.41, 5.74) is 2.32. The van der Waals surface area contributed by atoms with Crippen molar-refractivity contribution in [3.05, 3.63) is 72.3 Å². The molecule has 0 radical (unpaired) electrons. The molecule has 1 atom stereocenters. The van der Waals surface area contributed by atoms with Crippen LogP contribution in [0, 0.1) is 0 Å². The van der Waals surface area contributed by atoms with E-state index < -0.39 is 0 Å². The zero-order valence-corrected chi connectivity index (χ0v) is 17.7. The van der Waals surface area contributed by atoms with Crippen molar-refractivity contribution in [2.45, 2.75) is 13.0 Å². The highest BCUT2D eigenvalue weighted by Gasteiger charge is 2.23. The lowest BCUT2D eigenvalue weighted by Crippen LogP contribution is -2.51. The minimum atomic E-state index is 0.106. The second kappa shape index (κ2) is 9.18. The number of para-hydroxylation sites is 2. The van der Waals surface area contributed by atoms with Crippen LogP contribution in [0.25, 0.3) is 10.8 Å². The number of nitrogens with one attached hydrogen (secondary N) is 1. The topological polar surface area (TPSA) is 44.8 Å². The third-order valence-electron chi connectivity index (χ3n) is 5.91. The largest absolute Gasteiger partial charge is 0.495 e. The second-order valence-electron chi connectivity index (χ2n) is 7.71. The third-order valence-corrected chi connectivity index (χ3v) is 5.91. The molecule has 1 saturated heterocycles. The molecule has 30 heavy (non-hydrogen) atoms. The van der Waals surface area contributed by atoms with Crippen LogP contribution < -0.4 is 15.0 Å². The number of benzene rings is 3. The number of amides is 1. The van der Waals surface area contributed by atoms with Gasteiger partial charge in [-0.25, -0.2) is 0 Å². The standard InChI is InChI=1S/C25H29N3O2/c1-19(21-11-7-9-20-8-3-4-10-22(20)21)26-18-25(29)28-16-14-27(15-17-28)23-12-5-6-13-24(23)30-2/h3-13,19,26H,14-18H2,1-2H3/t19-/m0/s1. The van der Waals surface area contributed by atoms with E-state index in [0.29, 0.717) is 6.54 Å². The number of fused-ring (bicyclic) bond motifs is 1. The molecule has 3 aromatic carbocycles. The van der Waals surface area contributed by atoms with Crippen LogP contribution in [0.15, 0.2) is 66.7 Å². The van der Waals surface area contributed by atoms with Crippen molar-refractivity contribution in [3.8, 4) is 5.75 Å². The van der Waals surface area contributed by atoms with Crippen molar-refractivity contribution >= 4 is 22.4 Å². The normalized spacial score (nSPS) is 15.3. The van der Waals surface area contributed by atoms with E-state index in [-0.39, 0.29) is 11.9 Å². The molecule has 0 saturated carbocycles.